The highest BCUT2D eigenvalue weighted by molar-refractivity contribution is 6.17. The summed E-state index contributed by atoms with van der Waals surface area (Å²) in [5, 5.41) is 2.77. The number of hydrogen-bond donors (Lipinski definition) is 1. The van der Waals surface area contributed by atoms with Crippen LogP contribution >= 0.6 is 11.6 Å². The molecule has 1 fully saturated rings. The van der Waals surface area contributed by atoms with Gasteiger partial charge in [0.1, 0.15) is 0 Å². The largest absolute Gasteiger partial charge is 0.354 e. The predicted molar refractivity (Wildman–Crippen MR) is 44.8 cm³/mol. The number of carbonyl (C=O) groups is 1. The maximum Gasteiger partial charge on any atom is 0.234 e. The maximum atomic E-state index is 10.9. The molecule has 0 aromatic rings. The van der Waals surface area contributed by atoms with Crippen molar-refractivity contribution in [3.05, 3.63) is 0 Å². The van der Waals surface area contributed by atoms with E-state index >= 15 is 0 Å². The Balaban J connectivity index is 2.17. The van der Waals surface area contributed by atoms with E-state index in [4.69, 9.17) is 11.6 Å². The number of alkyl halides is 1. The summed E-state index contributed by atoms with van der Waals surface area (Å²) in [6.07, 6.45) is 0.967. The van der Waals surface area contributed by atoms with Crippen molar-refractivity contribution in [1.29, 1.82) is 0 Å². The van der Waals surface area contributed by atoms with Gasteiger partial charge in [0.25, 0.3) is 0 Å². The molecule has 1 N–H and O–H groups in total. The molecule has 1 saturated heterocycles. The van der Waals surface area contributed by atoms with E-state index in [1.54, 1.807) is 0 Å². The lowest BCUT2D eigenvalue weighted by Gasteiger charge is -2.25. The van der Waals surface area contributed by atoms with Crippen molar-refractivity contribution >= 4 is 17.5 Å². The van der Waals surface area contributed by atoms with Crippen LogP contribution in [0.1, 0.15) is 6.42 Å². The van der Waals surface area contributed by atoms with E-state index in [9.17, 15) is 4.79 Å². The zero-order valence-corrected chi connectivity index (χ0v) is 7.23. The monoisotopic (exact) mass is 176 g/mol. The standard InChI is InChI=1S/C7H13ClN2O/c8-2-1-4-10-5-3-9-7(11)6-10/h1-6H2,(H,9,11). The molecule has 0 spiro atoms. The van der Waals surface area contributed by atoms with E-state index in [2.05, 4.69) is 10.2 Å². The van der Waals surface area contributed by atoms with Gasteiger partial charge in [-0.3, -0.25) is 9.69 Å². The van der Waals surface area contributed by atoms with Crippen LogP contribution in [0.3, 0.4) is 0 Å². The summed E-state index contributed by atoms with van der Waals surface area (Å²) in [6, 6.07) is 0. The molecule has 1 heterocycles. The third kappa shape index (κ3) is 3.08. The normalized spacial score (nSPS) is 19.9. The van der Waals surface area contributed by atoms with Crippen LogP contribution in [0, 0.1) is 0 Å². The van der Waals surface area contributed by atoms with Crippen LogP contribution in [-0.2, 0) is 4.79 Å². The van der Waals surface area contributed by atoms with Gasteiger partial charge in [0.05, 0.1) is 6.54 Å². The highest BCUT2D eigenvalue weighted by Crippen LogP contribution is 1.95. The molecule has 3 nitrogen and oxygen atoms in total. The molecule has 0 aliphatic carbocycles. The molecule has 0 bridgehead atoms. The highest BCUT2D eigenvalue weighted by Gasteiger charge is 2.14. The first kappa shape index (κ1) is 8.81. The lowest BCUT2D eigenvalue weighted by atomic mass is 10.3. The molecule has 0 radical (unpaired) electrons. The quantitative estimate of drug-likeness (QED) is 0.617. The number of carbonyl (C=O) groups excluding carboxylic acids is 1. The smallest absolute Gasteiger partial charge is 0.234 e. The molecule has 4 heteroatoms. The second-order valence-corrected chi connectivity index (χ2v) is 3.05. The van der Waals surface area contributed by atoms with Gasteiger partial charge in [-0.15, -0.1) is 11.6 Å². The molecule has 0 saturated carbocycles. The first-order valence-electron chi connectivity index (χ1n) is 3.88. The van der Waals surface area contributed by atoms with Gasteiger partial charge < -0.3 is 5.32 Å². The molecule has 11 heavy (non-hydrogen) atoms. The average Bonchev–Trinajstić information content (AvgIpc) is 2.01. The van der Waals surface area contributed by atoms with E-state index in [1.165, 1.54) is 0 Å². The zero-order chi connectivity index (χ0) is 8.10. The summed E-state index contributed by atoms with van der Waals surface area (Å²) in [7, 11) is 0. The first-order chi connectivity index (χ1) is 5.33. The molecule has 1 aliphatic heterocycles. The van der Waals surface area contributed by atoms with Crippen molar-refractivity contribution in [3.8, 4) is 0 Å². The van der Waals surface area contributed by atoms with Crippen molar-refractivity contribution in [2.24, 2.45) is 0 Å². The van der Waals surface area contributed by atoms with Gasteiger partial charge >= 0.3 is 0 Å². The van der Waals surface area contributed by atoms with Crippen molar-refractivity contribution in [2.45, 2.75) is 6.42 Å². The van der Waals surface area contributed by atoms with Gasteiger partial charge in [-0.25, -0.2) is 0 Å². The van der Waals surface area contributed by atoms with Crippen LogP contribution in [0.4, 0.5) is 0 Å². The molecule has 0 aromatic heterocycles. The summed E-state index contributed by atoms with van der Waals surface area (Å²) < 4.78 is 0. The summed E-state index contributed by atoms with van der Waals surface area (Å²) >= 11 is 5.53. The average molecular weight is 177 g/mol. The number of halogens is 1. The molecule has 0 aromatic carbocycles. The number of nitrogens with zero attached hydrogens (tertiary/aromatic N) is 1. The number of piperazine rings is 1. The van der Waals surface area contributed by atoms with E-state index in [-0.39, 0.29) is 5.91 Å². The minimum atomic E-state index is 0.130. The molecule has 1 amide bonds. The summed E-state index contributed by atoms with van der Waals surface area (Å²) in [5.74, 6) is 0.809. The Morgan fingerprint density at radius 3 is 3.09 bits per heavy atom. The number of nitrogens with one attached hydrogen (secondary N) is 1. The fourth-order valence-electron chi connectivity index (χ4n) is 1.17. The number of amides is 1. The Labute approximate surface area is 71.7 Å². The van der Waals surface area contributed by atoms with Gasteiger partial charge in [-0.1, -0.05) is 0 Å². The third-order valence-corrected chi connectivity index (χ3v) is 1.99. The van der Waals surface area contributed by atoms with Gasteiger partial charge in [0, 0.05) is 19.0 Å². The lowest BCUT2D eigenvalue weighted by Crippen LogP contribution is -2.47. The summed E-state index contributed by atoms with van der Waals surface area (Å²) in [5.41, 5.74) is 0. The van der Waals surface area contributed by atoms with E-state index < -0.39 is 0 Å². The van der Waals surface area contributed by atoms with Gasteiger partial charge in [-0.2, -0.15) is 0 Å². The number of rotatable bonds is 3. The topological polar surface area (TPSA) is 32.3 Å². The second kappa shape index (κ2) is 4.57. The zero-order valence-electron chi connectivity index (χ0n) is 6.48. The van der Waals surface area contributed by atoms with Crippen LogP contribution in [0.15, 0.2) is 0 Å². The highest BCUT2D eigenvalue weighted by atomic mass is 35.5. The Hall–Kier alpha value is -0.280. The van der Waals surface area contributed by atoms with E-state index in [1.807, 2.05) is 0 Å². The third-order valence-electron chi connectivity index (χ3n) is 1.73. The van der Waals surface area contributed by atoms with Crippen molar-refractivity contribution < 1.29 is 4.79 Å². The number of hydrogen-bond acceptors (Lipinski definition) is 2. The Bertz CT molecular complexity index is 140. The van der Waals surface area contributed by atoms with Crippen LogP contribution in [-0.4, -0.2) is 42.9 Å². The molecular formula is C7H13ClN2O. The molecule has 1 rings (SSSR count). The molecular weight excluding hydrogens is 164 g/mol. The van der Waals surface area contributed by atoms with Crippen LogP contribution in [0.5, 0.6) is 0 Å². The Kier molecular flexibility index (Phi) is 3.66. The van der Waals surface area contributed by atoms with E-state index in [0.29, 0.717) is 12.4 Å². The van der Waals surface area contributed by atoms with Crippen LogP contribution in [0.25, 0.3) is 0 Å². The molecule has 0 atom stereocenters. The SMILES string of the molecule is O=C1CN(CCCCl)CCN1. The van der Waals surface area contributed by atoms with Gasteiger partial charge in [-0.05, 0) is 13.0 Å². The minimum Gasteiger partial charge on any atom is -0.354 e. The van der Waals surface area contributed by atoms with Crippen molar-refractivity contribution in [2.75, 3.05) is 32.1 Å². The molecule has 0 unspecified atom stereocenters. The summed E-state index contributed by atoms with van der Waals surface area (Å²) in [4.78, 5) is 13.0. The second-order valence-electron chi connectivity index (χ2n) is 2.67. The van der Waals surface area contributed by atoms with Crippen molar-refractivity contribution in [1.82, 2.24) is 10.2 Å². The fourth-order valence-corrected chi connectivity index (χ4v) is 1.29. The Morgan fingerprint density at radius 2 is 2.45 bits per heavy atom. The predicted octanol–water partition coefficient (Wildman–Crippen LogP) is 0.0471. The fraction of sp³-hybridized carbons (Fsp3) is 0.857. The summed E-state index contributed by atoms with van der Waals surface area (Å²) in [6.45, 7) is 3.22. The van der Waals surface area contributed by atoms with Gasteiger partial charge in [0.2, 0.25) is 5.91 Å². The van der Waals surface area contributed by atoms with Crippen LogP contribution in [0.2, 0.25) is 0 Å². The van der Waals surface area contributed by atoms with Crippen LogP contribution < -0.4 is 5.32 Å². The Morgan fingerprint density at radius 1 is 1.64 bits per heavy atom. The lowest BCUT2D eigenvalue weighted by molar-refractivity contribution is -0.124. The minimum absolute atomic E-state index is 0.130. The maximum absolute atomic E-state index is 10.9. The molecule has 64 valence electrons. The first-order valence-corrected chi connectivity index (χ1v) is 4.41. The van der Waals surface area contributed by atoms with E-state index in [0.717, 1.165) is 26.1 Å². The van der Waals surface area contributed by atoms with Gasteiger partial charge in [0.15, 0.2) is 0 Å². The van der Waals surface area contributed by atoms with Crippen molar-refractivity contribution in [3.63, 3.8) is 0 Å². The molecule has 1 aliphatic rings.